The third kappa shape index (κ3) is 3.18. The van der Waals surface area contributed by atoms with E-state index in [1.807, 2.05) is 0 Å². The summed E-state index contributed by atoms with van der Waals surface area (Å²) in [5.41, 5.74) is 2.16. The minimum Gasteiger partial charge on any atom is -0.362 e. The van der Waals surface area contributed by atoms with Crippen LogP contribution in [0, 0.1) is 10.8 Å². The molecule has 3 aliphatic heterocycles. The predicted octanol–water partition coefficient (Wildman–Crippen LogP) is 2.50. The number of nitrogens with one attached hydrogen (secondary N) is 1. The number of sulfonamides is 1. The zero-order valence-electron chi connectivity index (χ0n) is 18.1. The number of nitrogens with zero attached hydrogens (tertiary/aromatic N) is 5. The Hall–Kier alpha value is -2.33. The predicted molar refractivity (Wildman–Crippen MR) is 113 cm³/mol. The van der Waals surface area contributed by atoms with E-state index in [0.29, 0.717) is 38.8 Å². The van der Waals surface area contributed by atoms with Crippen molar-refractivity contribution in [3.8, 4) is 0 Å². The van der Waals surface area contributed by atoms with Crippen LogP contribution in [0.2, 0.25) is 0 Å². The molecule has 166 valence electrons. The van der Waals surface area contributed by atoms with Crippen LogP contribution in [0.5, 0.6) is 0 Å². The molecule has 0 bridgehead atoms. The molecule has 2 atom stereocenters. The first kappa shape index (κ1) is 20.6. The first-order chi connectivity index (χ1) is 14.6. The average Bonchev–Trinajstić information content (AvgIpc) is 3.26. The van der Waals surface area contributed by atoms with Gasteiger partial charge < -0.3 is 5.32 Å². The summed E-state index contributed by atoms with van der Waals surface area (Å²) < 4.78 is 29.4. The maximum absolute atomic E-state index is 13.4. The van der Waals surface area contributed by atoms with Gasteiger partial charge in [0.05, 0.1) is 6.20 Å². The number of hydrogen-bond donors (Lipinski definition) is 1. The zero-order valence-corrected chi connectivity index (χ0v) is 18.9. The van der Waals surface area contributed by atoms with Crippen molar-refractivity contribution in [2.45, 2.75) is 57.1 Å². The molecular weight excluding hydrogens is 416 g/mol. The number of aryl methyl sites for hydroxylation is 1. The lowest BCUT2D eigenvalue weighted by molar-refractivity contribution is -0.119. The van der Waals surface area contributed by atoms with Gasteiger partial charge in [0.2, 0.25) is 0 Å². The van der Waals surface area contributed by atoms with E-state index >= 15 is 0 Å². The van der Waals surface area contributed by atoms with Crippen LogP contribution < -0.4 is 5.32 Å². The van der Waals surface area contributed by atoms with Gasteiger partial charge in [0.15, 0.2) is 17.0 Å². The Bertz CT molecular complexity index is 1150. The Labute approximate surface area is 182 Å². The van der Waals surface area contributed by atoms with E-state index in [2.05, 4.69) is 34.5 Å². The normalized spacial score (nSPS) is 30.6. The molecule has 1 aliphatic carbocycles. The van der Waals surface area contributed by atoms with E-state index < -0.39 is 15.4 Å². The van der Waals surface area contributed by atoms with Gasteiger partial charge in [-0.15, -0.1) is 0 Å². The van der Waals surface area contributed by atoms with Gasteiger partial charge in [-0.3, -0.25) is 9.48 Å². The Morgan fingerprint density at radius 3 is 2.74 bits per heavy atom. The molecule has 4 heterocycles. The third-order valence-electron chi connectivity index (χ3n) is 6.98. The van der Waals surface area contributed by atoms with Crippen molar-refractivity contribution in [2.24, 2.45) is 28.1 Å². The largest absolute Gasteiger partial charge is 0.362 e. The highest BCUT2D eigenvalue weighted by molar-refractivity contribution is 7.89. The molecule has 1 aromatic rings. The molecule has 2 unspecified atom stereocenters. The van der Waals surface area contributed by atoms with Gasteiger partial charge in [0.1, 0.15) is 0 Å². The highest BCUT2D eigenvalue weighted by atomic mass is 32.2. The van der Waals surface area contributed by atoms with Crippen molar-refractivity contribution >= 4 is 15.8 Å². The molecule has 0 radical (unpaired) electrons. The molecule has 1 saturated heterocycles. The second-order valence-corrected chi connectivity index (χ2v) is 11.7. The molecule has 5 rings (SSSR count). The first-order valence-electron chi connectivity index (χ1n) is 10.8. The minimum absolute atomic E-state index is 0.0645. The Balaban J connectivity index is 1.53. The molecule has 31 heavy (non-hydrogen) atoms. The molecular formula is C21H28N6O3S. The lowest BCUT2D eigenvalue weighted by Gasteiger charge is -2.47. The molecule has 1 N–H and O–H groups in total. The summed E-state index contributed by atoms with van der Waals surface area (Å²) in [6.45, 7) is 4.96. The zero-order chi connectivity index (χ0) is 22.0. The lowest BCUT2D eigenvalue weighted by Crippen LogP contribution is -2.49. The van der Waals surface area contributed by atoms with Crippen LogP contribution >= 0.6 is 0 Å². The maximum atomic E-state index is 13.4. The van der Waals surface area contributed by atoms with Crippen molar-refractivity contribution in [1.29, 1.82) is 0 Å². The molecule has 4 aliphatic rings. The quantitative estimate of drug-likeness (QED) is 0.754. The van der Waals surface area contributed by atoms with Crippen molar-refractivity contribution in [3.63, 3.8) is 0 Å². The molecule has 10 heteroatoms. The number of carbonyl (C=O) groups is 1. The Kier molecular flexibility index (Phi) is 4.53. The fourth-order valence-corrected chi connectivity index (χ4v) is 7.08. The van der Waals surface area contributed by atoms with E-state index in [0.717, 1.165) is 23.3 Å². The second kappa shape index (κ2) is 6.83. The van der Waals surface area contributed by atoms with Crippen LogP contribution in [0.25, 0.3) is 0 Å². The molecule has 1 fully saturated rings. The maximum Gasteiger partial charge on any atom is 0.262 e. The van der Waals surface area contributed by atoms with Crippen LogP contribution in [-0.2, 0) is 21.9 Å². The van der Waals surface area contributed by atoms with E-state index in [4.69, 9.17) is 0 Å². The number of ketones is 1. The van der Waals surface area contributed by atoms with Crippen molar-refractivity contribution in [1.82, 2.24) is 19.4 Å². The van der Waals surface area contributed by atoms with E-state index in [-0.39, 0.29) is 22.4 Å². The Morgan fingerprint density at radius 1 is 1.19 bits per heavy atom. The summed E-state index contributed by atoms with van der Waals surface area (Å²) >= 11 is 0. The van der Waals surface area contributed by atoms with Crippen LogP contribution in [0.15, 0.2) is 50.6 Å². The molecule has 0 saturated carbocycles. The smallest absolute Gasteiger partial charge is 0.262 e. The number of aromatic nitrogens is 2. The van der Waals surface area contributed by atoms with Gasteiger partial charge in [-0.25, -0.2) is 8.42 Å². The lowest BCUT2D eigenvalue weighted by atomic mass is 9.60. The Morgan fingerprint density at radius 2 is 2.00 bits per heavy atom. The van der Waals surface area contributed by atoms with Crippen LogP contribution in [0.1, 0.15) is 46.0 Å². The summed E-state index contributed by atoms with van der Waals surface area (Å²) in [6.07, 6.45) is 6.33. The van der Waals surface area contributed by atoms with Crippen molar-refractivity contribution in [3.05, 3.63) is 35.3 Å². The number of fused-ring (bicyclic) bond motifs is 3. The minimum atomic E-state index is -3.68. The van der Waals surface area contributed by atoms with Crippen molar-refractivity contribution < 1.29 is 13.2 Å². The summed E-state index contributed by atoms with van der Waals surface area (Å²) in [6, 6.07) is 1.53. The highest BCUT2D eigenvalue weighted by Gasteiger charge is 2.53. The highest BCUT2D eigenvalue weighted by Crippen LogP contribution is 2.55. The van der Waals surface area contributed by atoms with Crippen LogP contribution in [0.3, 0.4) is 0 Å². The molecule has 1 spiro atoms. The summed E-state index contributed by atoms with van der Waals surface area (Å²) in [5, 5.41) is 16.1. The van der Waals surface area contributed by atoms with Gasteiger partial charge >= 0.3 is 0 Å². The van der Waals surface area contributed by atoms with Gasteiger partial charge in [-0.2, -0.15) is 19.6 Å². The van der Waals surface area contributed by atoms with Crippen LogP contribution in [-0.4, -0.2) is 47.5 Å². The summed E-state index contributed by atoms with van der Waals surface area (Å²) in [5.74, 6) is 0.158. The fourth-order valence-electron chi connectivity index (χ4n) is 5.65. The molecule has 0 aromatic carbocycles. The second-order valence-electron chi connectivity index (χ2n) is 9.82. The van der Waals surface area contributed by atoms with Gasteiger partial charge in [-0.1, -0.05) is 13.8 Å². The molecule has 0 amide bonds. The summed E-state index contributed by atoms with van der Waals surface area (Å²) in [7, 11) is -1.98. The van der Waals surface area contributed by atoms with E-state index in [9.17, 15) is 13.2 Å². The summed E-state index contributed by atoms with van der Waals surface area (Å²) in [4.78, 5) is 13.4. The number of rotatable bonds is 2. The number of hydrogen-bond acceptors (Lipinski definition) is 7. The third-order valence-corrected chi connectivity index (χ3v) is 8.77. The SMILES string of the molecule is Cn1ccc(S(=O)(=O)N2CCCC3(CC2)C2=CN=NC2NC2=C3C(=O)CC(C)(C)C2)n1. The van der Waals surface area contributed by atoms with Gasteiger partial charge in [0.25, 0.3) is 10.0 Å². The topological polar surface area (TPSA) is 109 Å². The molecule has 1 aromatic heterocycles. The van der Waals surface area contributed by atoms with E-state index in [1.54, 1.807) is 19.4 Å². The standard InChI is InChI=1S/C21H28N6O3S/c1-20(2)11-15-18(16(28)12-20)21(14-13-22-24-19(14)23-15)6-4-8-27(10-7-21)31(29,30)17-5-9-26(3)25-17/h5,9,13,19,23H,4,6-8,10-12H2,1-3H3. The fraction of sp³-hybridized carbons (Fsp3) is 0.619. The average molecular weight is 445 g/mol. The number of azo groups is 1. The van der Waals surface area contributed by atoms with Crippen molar-refractivity contribution in [2.75, 3.05) is 13.1 Å². The van der Waals surface area contributed by atoms with E-state index in [1.165, 1.54) is 15.1 Å². The monoisotopic (exact) mass is 444 g/mol. The number of Topliss-reactive ketones (excluding diaryl/α,β-unsaturated/α-hetero) is 1. The first-order valence-corrected chi connectivity index (χ1v) is 12.2. The van der Waals surface area contributed by atoms with Gasteiger partial charge in [0, 0.05) is 55.0 Å². The number of allylic oxidation sites excluding steroid dienone is 2. The van der Waals surface area contributed by atoms with Crippen LogP contribution in [0.4, 0.5) is 0 Å². The van der Waals surface area contributed by atoms with Gasteiger partial charge in [-0.05, 0) is 37.2 Å². The number of carbonyl (C=O) groups excluding carboxylic acids is 1. The molecule has 9 nitrogen and oxygen atoms in total.